The van der Waals surface area contributed by atoms with Crippen molar-refractivity contribution < 1.29 is 13.2 Å². The fourth-order valence-corrected chi connectivity index (χ4v) is 3.78. The summed E-state index contributed by atoms with van der Waals surface area (Å²) in [6.45, 7) is 0. The Balaban J connectivity index is 2.08. The van der Waals surface area contributed by atoms with Gasteiger partial charge in [0.1, 0.15) is 4.21 Å². The van der Waals surface area contributed by atoms with Crippen LogP contribution in [0.2, 0.25) is 0 Å². The molecule has 6 nitrogen and oxygen atoms in total. The second kappa shape index (κ2) is 5.30. The van der Waals surface area contributed by atoms with Crippen LogP contribution in [-0.4, -0.2) is 25.5 Å². The minimum Gasteiger partial charge on any atom is -0.478 e. The number of hydrogen-bond donors (Lipinski definition) is 1. The van der Waals surface area contributed by atoms with E-state index in [1.165, 1.54) is 13.2 Å². The van der Waals surface area contributed by atoms with Gasteiger partial charge in [0.2, 0.25) is 5.82 Å². The van der Waals surface area contributed by atoms with Gasteiger partial charge in [-0.05, 0) is 23.6 Å². The number of thiophene rings is 1. The molecular weight excluding hydrogens is 310 g/mol. The Labute approximate surface area is 125 Å². The zero-order valence-electron chi connectivity index (χ0n) is 11.0. The van der Waals surface area contributed by atoms with Crippen molar-refractivity contribution in [2.75, 3.05) is 11.8 Å². The highest BCUT2D eigenvalue weighted by atomic mass is 32.2. The zero-order valence-corrected chi connectivity index (χ0v) is 12.6. The fourth-order valence-electron chi connectivity index (χ4n) is 1.79. The van der Waals surface area contributed by atoms with E-state index in [4.69, 9.17) is 4.74 Å². The largest absolute Gasteiger partial charge is 0.478 e. The molecule has 1 aromatic carbocycles. The smallest absolute Gasteiger partial charge is 0.272 e. The van der Waals surface area contributed by atoms with Crippen molar-refractivity contribution >= 4 is 38.2 Å². The van der Waals surface area contributed by atoms with E-state index in [9.17, 15) is 8.42 Å². The summed E-state index contributed by atoms with van der Waals surface area (Å²) in [5.74, 6) is 0.207. The Morgan fingerprint density at radius 1 is 1.10 bits per heavy atom. The summed E-state index contributed by atoms with van der Waals surface area (Å²) >= 11 is 1.13. The molecule has 0 saturated heterocycles. The van der Waals surface area contributed by atoms with Crippen LogP contribution in [0.15, 0.2) is 46.0 Å². The Bertz CT molecular complexity index is 877. The molecule has 0 aliphatic rings. The number of rotatable bonds is 4. The van der Waals surface area contributed by atoms with Crippen molar-refractivity contribution in [1.29, 1.82) is 0 Å². The van der Waals surface area contributed by atoms with E-state index in [0.717, 1.165) is 11.3 Å². The topological polar surface area (TPSA) is 81.2 Å². The molecule has 2 aromatic heterocycles. The van der Waals surface area contributed by atoms with Crippen molar-refractivity contribution in [3.05, 3.63) is 41.8 Å². The van der Waals surface area contributed by atoms with E-state index in [1.807, 2.05) is 6.07 Å². The van der Waals surface area contributed by atoms with Crippen LogP contribution in [0.25, 0.3) is 11.0 Å². The van der Waals surface area contributed by atoms with E-state index < -0.39 is 10.0 Å². The van der Waals surface area contributed by atoms with Crippen LogP contribution in [-0.2, 0) is 10.0 Å². The molecule has 0 radical (unpaired) electrons. The first kappa shape index (κ1) is 13.8. The van der Waals surface area contributed by atoms with Gasteiger partial charge in [-0.2, -0.15) is 0 Å². The van der Waals surface area contributed by atoms with Crippen LogP contribution in [0.3, 0.4) is 0 Å². The second-order valence-electron chi connectivity index (χ2n) is 4.11. The van der Waals surface area contributed by atoms with E-state index in [-0.39, 0.29) is 15.9 Å². The third-order valence-electron chi connectivity index (χ3n) is 2.72. The van der Waals surface area contributed by atoms with Gasteiger partial charge < -0.3 is 4.74 Å². The number of nitrogens with one attached hydrogen (secondary N) is 1. The molecule has 3 rings (SSSR count). The Morgan fingerprint density at radius 2 is 1.81 bits per heavy atom. The minimum atomic E-state index is -3.69. The zero-order chi connectivity index (χ0) is 14.9. The molecule has 0 bridgehead atoms. The highest BCUT2D eigenvalue weighted by molar-refractivity contribution is 7.94. The highest BCUT2D eigenvalue weighted by Gasteiger charge is 2.19. The number of aromatic nitrogens is 2. The molecular formula is C13H11N3O3S2. The van der Waals surface area contributed by atoms with Crippen LogP contribution < -0.4 is 9.46 Å². The molecule has 0 spiro atoms. The van der Waals surface area contributed by atoms with Gasteiger partial charge in [0, 0.05) is 0 Å². The average Bonchev–Trinajstić information content (AvgIpc) is 3.01. The van der Waals surface area contributed by atoms with Crippen molar-refractivity contribution in [2.24, 2.45) is 0 Å². The Hall–Kier alpha value is -2.19. The van der Waals surface area contributed by atoms with Gasteiger partial charge in [-0.25, -0.2) is 18.4 Å². The Morgan fingerprint density at radius 3 is 2.43 bits per heavy atom. The average molecular weight is 321 g/mol. The minimum absolute atomic E-state index is 0.0737. The number of fused-ring (bicyclic) bond motifs is 1. The fraction of sp³-hybridized carbons (Fsp3) is 0.0769. The number of para-hydroxylation sites is 2. The molecule has 21 heavy (non-hydrogen) atoms. The molecule has 0 aliphatic heterocycles. The molecule has 0 unspecified atom stereocenters. The van der Waals surface area contributed by atoms with Crippen molar-refractivity contribution in [2.45, 2.75) is 4.21 Å². The standard InChI is InChI=1S/C13H11N3O3S2/c1-19-13-12(14-9-5-2-3-6-10(9)15-13)16-21(17,18)11-7-4-8-20-11/h2-8H,1H3,(H,14,16). The highest BCUT2D eigenvalue weighted by Crippen LogP contribution is 2.26. The van der Waals surface area contributed by atoms with Crippen molar-refractivity contribution in [1.82, 2.24) is 9.97 Å². The predicted molar refractivity (Wildman–Crippen MR) is 81.2 cm³/mol. The lowest BCUT2D eigenvalue weighted by atomic mass is 10.3. The molecule has 1 N–H and O–H groups in total. The van der Waals surface area contributed by atoms with Gasteiger partial charge in [0.15, 0.2) is 0 Å². The van der Waals surface area contributed by atoms with E-state index in [1.54, 1.807) is 29.6 Å². The van der Waals surface area contributed by atoms with Crippen LogP contribution in [0.4, 0.5) is 5.82 Å². The number of anilines is 1. The van der Waals surface area contributed by atoms with Crippen molar-refractivity contribution in [3.63, 3.8) is 0 Å². The number of benzene rings is 1. The predicted octanol–water partition coefficient (Wildman–Crippen LogP) is 2.50. The lowest BCUT2D eigenvalue weighted by Gasteiger charge is -2.10. The summed E-state index contributed by atoms with van der Waals surface area (Å²) in [5, 5.41) is 1.69. The van der Waals surface area contributed by atoms with E-state index in [2.05, 4.69) is 14.7 Å². The molecule has 3 aromatic rings. The molecule has 0 aliphatic carbocycles. The van der Waals surface area contributed by atoms with E-state index >= 15 is 0 Å². The van der Waals surface area contributed by atoms with Gasteiger partial charge in [-0.1, -0.05) is 18.2 Å². The summed E-state index contributed by atoms with van der Waals surface area (Å²) in [6, 6.07) is 10.4. The quantitative estimate of drug-likeness (QED) is 0.798. The normalized spacial score (nSPS) is 11.5. The molecule has 0 amide bonds. The van der Waals surface area contributed by atoms with Crippen LogP contribution in [0, 0.1) is 0 Å². The summed E-state index contributed by atoms with van der Waals surface area (Å²) in [6.07, 6.45) is 0. The van der Waals surface area contributed by atoms with Crippen LogP contribution in [0.5, 0.6) is 5.88 Å². The molecule has 0 atom stereocenters. The first-order valence-corrected chi connectivity index (χ1v) is 8.33. The first-order chi connectivity index (χ1) is 10.1. The first-order valence-electron chi connectivity index (χ1n) is 5.97. The van der Waals surface area contributed by atoms with E-state index in [0.29, 0.717) is 11.0 Å². The SMILES string of the molecule is COc1nc2ccccc2nc1NS(=O)(=O)c1cccs1. The lowest BCUT2D eigenvalue weighted by Crippen LogP contribution is -2.14. The number of methoxy groups -OCH3 is 1. The monoisotopic (exact) mass is 321 g/mol. The number of hydrogen-bond acceptors (Lipinski definition) is 6. The molecule has 108 valence electrons. The summed E-state index contributed by atoms with van der Waals surface area (Å²) < 4.78 is 32.2. The van der Waals surface area contributed by atoms with Crippen LogP contribution in [0.1, 0.15) is 0 Å². The number of sulfonamides is 1. The maximum Gasteiger partial charge on any atom is 0.272 e. The summed E-state index contributed by atoms with van der Waals surface area (Å²) in [7, 11) is -2.27. The van der Waals surface area contributed by atoms with Crippen molar-refractivity contribution in [3.8, 4) is 5.88 Å². The molecule has 8 heteroatoms. The second-order valence-corrected chi connectivity index (χ2v) is 6.96. The van der Waals surface area contributed by atoms with Crippen LogP contribution >= 0.6 is 11.3 Å². The third kappa shape index (κ3) is 2.67. The molecule has 2 heterocycles. The maximum atomic E-state index is 12.2. The van der Waals surface area contributed by atoms with Gasteiger partial charge in [0.05, 0.1) is 18.1 Å². The molecule has 0 fully saturated rings. The summed E-state index contributed by atoms with van der Waals surface area (Å²) in [5.41, 5.74) is 1.22. The lowest BCUT2D eigenvalue weighted by molar-refractivity contribution is 0.400. The number of nitrogens with zero attached hydrogens (tertiary/aromatic N) is 2. The van der Waals surface area contributed by atoms with Gasteiger partial charge in [-0.3, -0.25) is 4.72 Å². The Kier molecular flexibility index (Phi) is 3.48. The number of ether oxygens (including phenoxy) is 1. The van der Waals surface area contributed by atoms with Gasteiger partial charge in [-0.15, -0.1) is 11.3 Å². The maximum absolute atomic E-state index is 12.2. The van der Waals surface area contributed by atoms with Gasteiger partial charge >= 0.3 is 0 Å². The third-order valence-corrected chi connectivity index (χ3v) is 5.46. The van der Waals surface area contributed by atoms with Gasteiger partial charge in [0.25, 0.3) is 15.9 Å². The summed E-state index contributed by atoms with van der Waals surface area (Å²) in [4.78, 5) is 8.52. The molecule has 0 saturated carbocycles.